The maximum absolute atomic E-state index is 12.5. The van der Waals surface area contributed by atoms with Crippen molar-refractivity contribution >= 4 is 5.91 Å². The van der Waals surface area contributed by atoms with E-state index in [0.29, 0.717) is 5.56 Å². The third-order valence-corrected chi connectivity index (χ3v) is 3.44. The Morgan fingerprint density at radius 3 is 3.00 bits per heavy atom. The molecular weight excluding hydrogens is 244 g/mol. The number of aromatic nitrogens is 3. The molecule has 0 aliphatic carbocycles. The van der Waals surface area contributed by atoms with Crippen LogP contribution in [-0.4, -0.2) is 32.3 Å². The number of rotatable bonds is 2. The normalized spacial score (nSPS) is 19.1. The van der Waals surface area contributed by atoms with Crippen molar-refractivity contribution in [2.24, 2.45) is 7.05 Å². The average molecular weight is 260 g/mol. The SMILES string of the molecule is Cc1cc(C2CCCN2C(=O)c2cnn(C)c2)on1. The Bertz CT molecular complexity index is 601. The Hall–Kier alpha value is -2.11. The van der Waals surface area contributed by atoms with Gasteiger partial charge in [-0.05, 0) is 19.8 Å². The van der Waals surface area contributed by atoms with E-state index in [9.17, 15) is 4.79 Å². The summed E-state index contributed by atoms with van der Waals surface area (Å²) >= 11 is 0. The highest BCUT2D eigenvalue weighted by Gasteiger charge is 2.33. The number of hydrogen-bond acceptors (Lipinski definition) is 4. The number of carbonyl (C=O) groups excluding carboxylic acids is 1. The van der Waals surface area contributed by atoms with Crippen LogP contribution in [0.1, 0.15) is 40.7 Å². The summed E-state index contributed by atoms with van der Waals surface area (Å²) in [6.07, 6.45) is 5.24. The largest absolute Gasteiger partial charge is 0.359 e. The number of hydrogen-bond donors (Lipinski definition) is 0. The van der Waals surface area contributed by atoms with E-state index in [2.05, 4.69) is 10.3 Å². The molecule has 0 bridgehead atoms. The number of carbonyl (C=O) groups is 1. The van der Waals surface area contributed by atoms with Crippen LogP contribution in [0.4, 0.5) is 0 Å². The molecule has 1 fully saturated rings. The molecule has 3 rings (SSSR count). The molecule has 0 aromatic carbocycles. The molecule has 3 heterocycles. The first-order valence-corrected chi connectivity index (χ1v) is 6.38. The van der Waals surface area contributed by atoms with Crippen molar-refractivity contribution in [3.63, 3.8) is 0 Å². The van der Waals surface area contributed by atoms with Gasteiger partial charge in [0.2, 0.25) is 0 Å². The molecule has 100 valence electrons. The second kappa shape index (κ2) is 4.53. The second-order valence-corrected chi connectivity index (χ2v) is 4.93. The number of amides is 1. The van der Waals surface area contributed by atoms with Crippen molar-refractivity contribution in [3.05, 3.63) is 35.5 Å². The minimum atomic E-state index is -0.00564. The fourth-order valence-corrected chi connectivity index (χ4v) is 2.54. The average Bonchev–Trinajstić information content (AvgIpc) is 3.07. The minimum absolute atomic E-state index is 0.00431. The lowest BCUT2D eigenvalue weighted by Crippen LogP contribution is -2.30. The van der Waals surface area contributed by atoms with E-state index in [-0.39, 0.29) is 11.9 Å². The smallest absolute Gasteiger partial charge is 0.257 e. The van der Waals surface area contributed by atoms with Gasteiger partial charge in [-0.25, -0.2) is 0 Å². The van der Waals surface area contributed by atoms with E-state index < -0.39 is 0 Å². The molecule has 19 heavy (non-hydrogen) atoms. The standard InChI is InChI=1S/C13H16N4O2/c1-9-6-12(19-15-9)11-4-3-5-17(11)13(18)10-7-14-16(2)8-10/h6-8,11H,3-5H2,1-2H3. The summed E-state index contributed by atoms with van der Waals surface area (Å²) in [5.74, 6) is 0.775. The molecule has 1 aliphatic heterocycles. The van der Waals surface area contributed by atoms with Crippen LogP contribution in [0.2, 0.25) is 0 Å². The Balaban J connectivity index is 1.85. The van der Waals surface area contributed by atoms with Crippen LogP contribution in [0.25, 0.3) is 0 Å². The van der Waals surface area contributed by atoms with E-state index >= 15 is 0 Å². The quantitative estimate of drug-likeness (QED) is 0.824. The molecule has 6 nitrogen and oxygen atoms in total. The monoisotopic (exact) mass is 260 g/mol. The zero-order valence-electron chi connectivity index (χ0n) is 11.0. The van der Waals surface area contributed by atoms with Gasteiger partial charge in [-0.2, -0.15) is 5.10 Å². The highest BCUT2D eigenvalue weighted by atomic mass is 16.5. The van der Waals surface area contributed by atoms with E-state index in [1.165, 1.54) is 0 Å². The van der Waals surface area contributed by atoms with Crippen LogP contribution in [0.3, 0.4) is 0 Å². The zero-order chi connectivity index (χ0) is 13.4. The topological polar surface area (TPSA) is 64.2 Å². The predicted molar refractivity (Wildman–Crippen MR) is 67.5 cm³/mol. The summed E-state index contributed by atoms with van der Waals surface area (Å²) in [5.41, 5.74) is 1.46. The summed E-state index contributed by atoms with van der Waals surface area (Å²) < 4.78 is 6.94. The van der Waals surface area contributed by atoms with Crippen molar-refractivity contribution in [3.8, 4) is 0 Å². The third kappa shape index (κ3) is 2.14. The first-order chi connectivity index (χ1) is 9.15. The molecule has 6 heteroatoms. The fourth-order valence-electron chi connectivity index (χ4n) is 2.54. The first kappa shape index (κ1) is 12.0. The van der Waals surface area contributed by atoms with Gasteiger partial charge in [0.15, 0.2) is 5.76 Å². The Morgan fingerprint density at radius 1 is 1.53 bits per heavy atom. The van der Waals surface area contributed by atoms with Crippen molar-refractivity contribution < 1.29 is 9.32 Å². The van der Waals surface area contributed by atoms with Gasteiger partial charge in [-0.15, -0.1) is 0 Å². The molecule has 0 radical (unpaired) electrons. The number of likely N-dealkylation sites (tertiary alicyclic amines) is 1. The van der Waals surface area contributed by atoms with Crippen molar-refractivity contribution in [1.82, 2.24) is 19.8 Å². The van der Waals surface area contributed by atoms with E-state index in [4.69, 9.17) is 4.52 Å². The number of aryl methyl sites for hydroxylation is 2. The van der Waals surface area contributed by atoms with E-state index in [1.54, 1.807) is 24.1 Å². The molecule has 1 amide bonds. The second-order valence-electron chi connectivity index (χ2n) is 4.93. The molecule has 2 aromatic heterocycles. The third-order valence-electron chi connectivity index (χ3n) is 3.44. The van der Waals surface area contributed by atoms with E-state index in [1.807, 2.05) is 17.9 Å². The Morgan fingerprint density at radius 2 is 2.37 bits per heavy atom. The van der Waals surface area contributed by atoms with Crippen molar-refractivity contribution in [1.29, 1.82) is 0 Å². The van der Waals surface area contributed by atoms with Crippen molar-refractivity contribution in [2.45, 2.75) is 25.8 Å². The molecule has 0 N–H and O–H groups in total. The molecule has 0 saturated carbocycles. The van der Waals surface area contributed by atoms with Gasteiger partial charge in [0.05, 0.1) is 23.5 Å². The van der Waals surface area contributed by atoms with Crippen LogP contribution in [-0.2, 0) is 7.05 Å². The summed E-state index contributed by atoms with van der Waals surface area (Å²) in [6, 6.07) is 1.90. The van der Waals surface area contributed by atoms with Crippen LogP contribution in [0, 0.1) is 6.92 Å². The molecule has 2 aromatic rings. The van der Waals surface area contributed by atoms with Crippen LogP contribution in [0.5, 0.6) is 0 Å². The zero-order valence-corrected chi connectivity index (χ0v) is 11.0. The molecule has 1 aliphatic rings. The predicted octanol–water partition coefficient (Wildman–Crippen LogP) is 1.69. The molecular formula is C13H16N4O2. The summed E-state index contributed by atoms with van der Waals surface area (Å²) in [5, 5.41) is 7.95. The lowest BCUT2D eigenvalue weighted by Gasteiger charge is -2.21. The Kier molecular flexibility index (Phi) is 2.85. The van der Waals surface area contributed by atoms with Gasteiger partial charge in [-0.3, -0.25) is 9.48 Å². The summed E-state index contributed by atoms with van der Waals surface area (Å²) in [4.78, 5) is 14.3. The highest BCUT2D eigenvalue weighted by Crippen LogP contribution is 2.33. The van der Waals surface area contributed by atoms with Crippen LogP contribution < -0.4 is 0 Å². The lowest BCUT2D eigenvalue weighted by atomic mass is 10.1. The summed E-state index contributed by atoms with van der Waals surface area (Å²) in [7, 11) is 1.80. The maximum Gasteiger partial charge on any atom is 0.257 e. The maximum atomic E-state index is 12.5. The van der Waals surface area contributed by atoms with Crippen LogP contribution >= 0.6 is 0 Å². The van der Waals surface area contributed by atoms with Gasteiger partial charge >= 0.3 is 0 Å². The van der Waals surface area contributed by atoms with Gasteiger partial charge in [0.1, 0.15) is 0 Å². The van der Waals surface area contributed by atoms with Gasteiger partial charge in [0.25, 0.3) is 5.91 Å². The molecule has 1 unspecified atom stereocenters. The molecule has 1 atom stereocenters. The van der Waals surface area contributed by atoms with Crippen molar-refractivity contribution in [2.75, 3.05) is 6.54 Å². The molecule has 0 spiro atoms. The van der Waals surface area contributed by atoms with Gasteiger partial charge in [-0.1, -0.05) is 5.16 Å². The summed E-state index contributed by atoms with van der Waals surface area (Å²) in [6.45, 7) is 2.63. The minimum Gasteiger partial charge on any atom is -0.359 e. The first-order valence-electron chi connectivity index (χ1n) is 6.38. The molecule has 1 saturated heterocycles. The Labute approximate surface area is 111 Å². The fraction of sp³-hybridized carbons (Fsp3) is 0.462. The highest BCUT2D eigenvalue weighted by molar-refractivity contribution is 5.94. The van der Waals surface area contributed by atoms with Gasteiger partial charge < -0.3 is 9.42 Å². The van der Waals surface area contributed by atoms with E-state index in [0.717, 1.165) is 30.8 Å². The van der Waals surface area contributed by atoms with Gasteiger partial charge in [0, 0.05) is 25.9 Å². The lowest BCUT2D eigenvalue weighted by molar-refractivity contribution is 0.0714. The van der Waals surface area contributed by atoms with Crippen LogP contribution in [0.15, 0.2) is 23.0 Å². The number of nitrogens with zero attached hydrogens (tertiary/aromatic N) is 4.